The normalized spacial score (nSPS) is 12.0. The van der Waals surface area contributed by atoms with Gasteiger partial charge in [-0.05, 0) is 25.1 Å². The number of hydrogen-bond donors (Lipinski definition) is 0. The number of thiazole rings is 1. The molecule has 9 heteroatoms. The molecule has 0 saturated carbocycles. The first-order chi connectivity index (χ1) is 14.1. The van der Waals surface area contributed by atoms with Gasteiger partial charge in [0.25, 0.3) is 0 Å². The largest absolute Gasteiger partial charge is 0.433 e. The molecule has 0 aliphatic rings. The first kappa shape index (κ1) is 18.5. The minimum absolute atomic E-state index is 0.276. The zero-order valence-corrected chi connectivity index (χ0v) is 16.1. The number of nitro groups is 1. The second-order valence-corrected chi connectivity index (χ2v) is 6.92. The number of rotatable bonds is 5. The molecule has 3 aromatic heterocycles. The van der Waals surface area contributed by atoms with E-state index in [1.165, 1.54) is 29.7 Å². The van der Waals surface area contributed by atoms with Crippen LogP contribution < -0.4 is 4.80 Å². The Balaban J connectivity index is 1.80. The Kier molecular flexibility index (Phi) is 5.12. The molecule has 29 heavy (non-hydrogen) atoms. The van der Waals surface area contributed by atoms with E-state index in [9.17, 15) is 10.1 Å². The molecular weight excluding hydrogens is 390 g/mol. The summed E-state index contributed by atoms with van der Waals surface area (Å²) in [7, 11) is 0. The minimum atomic E-state index is -0.587. The maximum atomic E-state index is 10.8. The van der Waals surface area contributed by atoms with Crippen LogP contribution in [-0.2, 0) is 0 Å². The quantitative estimate of drug-likeness (QED) is 0.276. The maximum absolute atomic E-state index is 10.8. The van der Waals surface area contributed by atoms with E-state index in [-0.39, 0.29) is 11.6 Å². The molecule has 0 radical (unpaired) electrons. The highest BCUT2D eigenvalue weighted by Gasteiger charge is 2.11. The molecule has 0 spiro atoms. The van der Waals surface area contributed by atoms with E-state index in [0.29, 0.717) is 10.5 Å². The van der Waals surface area contributed by atoms with Crippen molar-refractivity contribution in [2.24, 2.45) is 10.1 Å². The average Bonchev–Trinajstić information content (AvgIpc) is 3.35. The van der Waals surface area contributed by atoms with Gasteiger partial charge in [-0.25, -0.2) is 9.67 Å². The Labute approximate surface area is 169 Å². The molecule has 0 bridgehead atoms. The van der Waals surface area contributed by atoms with Crippen LogP contribution >= 0.6 is 11.3 Å². The van der Waals surface area contributed by atoms with Crippen molar-refractivity contribution in [1.82, 2.24) is 9.66 Å². The smallest absolute Gasteiger partial charge is 0.400 e. The van der Waals surface area contributed by atoms with E-state index in [1.807, 2.05) is 48.7 Å². The first-order valence-corrected chi connectivity index (χ1v) is 9.49. The van der Waals surface area contributed by atoms with E-state index in [2.05, 4.69) is 15.1 Å². The molecule has 0 fully saturated rings. The van der Waals surface area contributed by atoms with Gasteiger partial charge in [-0.2, -0.15) is 5.10 Å². The summed E-state index contributed by atoms with van der Waals surface area (Å²) in [6, 6.07) is 14.5. The third-order valence-corrected chi connectivity index (χ3v) is 4.81. The zero-order chi connectivity index (χ0) is 20.2. The molecule has 4 aromatic rings. The van der Waals surface area contributed by atoms with Crippen molar-refractivity contribution in [2.45, 2.75) is 6.92 Å². The summed E-state index contributed by atoms with van der Waals surface area (Å²) in [5, 5.41) is 17.2. The van der Waals surface area contributed by atoms with E-state index in [1.54, 1.807) is 17.1 Å². The van der Waals surface area contributed by atoms with Gasteiger partial charge < -0.3 is 4.42 Å². The lowest BCUT2D eigenvalue weighted by atomic mass is 10.1. The van der Waals surface area contributed by atoms with Gasteiger partial charge >= 0.3 is 5.88 Å². The van der Waals surface area contributed by atoms with Crippen LogP contribution in [0.4, 0.5) is 11.6 Å². The summed E-state index contributed by atoms with van der Waals surface area (Å²) in [6.45, 7) is 2.02. The highest BCUT2D eigenvalue weighted by atomic mass is 32.1. The van der Waals surface area contributed by atoms with Crippen LogP contribution in [0.1, 0.15) is 11.3 Å². The van der Waals surface area contributed by atoms with Crippen LogP contribution in [0.15, 0.2) is 80.8 Å². The van der Waals surface area contributed by atoms with Crippen molar-refractivity contribution in [3.05, 3.63) is 92.5 Å². The van der Waals surface area contributed by atoms with Gasteiger partial charge in [0.15, 0.2) is 5.76 Å². The summed E-state index contributed by atoms with van der Waals surface area (Å²) >= 11 is 1.43. The summed E-state index contributed by atoms with van der Waals surface area (Å²) in [5.41, 5.74) is 3.67. The fourth-order valence-electron chi connectivity index (χ4n) is 2.57. The number of aryl methyl sites for hydroxylation is 1. The van der Waals surface area contributed by atoms with Crippen molar-refractivity contribution in [3.63, 3.8) is 0 Å². The molecule has 0 atom stereocenters. The molecule has 144 valence electrons. The van der Waals surface area contributed by atoms with Crippen molar-refractivity contribution < 1.29 is 9.34 Å². The lowest BCUT2D eigenvalue weighted by Gasteiger charge is -2.03. The zero-order valence-electron chi connectivity index (χ0n) is 15.3. The SMILES string of the molecule is Cc1ccc(-c2csc(=Nc3cccnc3)n2N=Cc2ccc([N+](=O)[O-])o2)cc1. The standard InChI is InChI=1S/C20H15N5O3S/c1-14-4-6-15(7-5-14)18-13-29-20(23-16-3-2-10-21-11-16)24(18)22-12-17-8-9-19(28-17)25(26)27/h2-13H,1H3. The van der Waals surface area contributed by atoms with Gasteiger partial charge in [0.2, 0.25) is 4.80 Å². The summed E-state index contributed by atoms with van der Waals surface area (Å²) in [5.74, 6) is -0.0571. The summed E-state index contributed by atoms with van der Waals surface area (Å²) < 4.78 is 6.84. The molecule has 3 heterocycles. The van der Waals surface area contributed by atoms with E-state index < -0.39 is 4.92 Å². The summed E-state index contributed by atoms with van der Waals surface area (Å²) in [6.07, 6.45) is 4.77. The van der Waals surface area contributed by atoms with E-state index in [0.717, 1.165) is 16.8 Å². The summed E-state index contributed by atoms with van der Waals surface area (Å²) in [4.78, 5) is 19.6. The topological polar surface area (TPSA) is 98.8 Å². The average molecular weight is 405 g/mol. The third kappa shape index (κ3) is 4.19. The number of benzene rings is 1. The number of furan rings is 1. The van der Waals surface area contributed by atoms with Crippen LogP contribution in [0.5, 0.6) is 0 Å². The van der Waals surface area contributed by atoms with Crippen LogP contribution in [-0.4, -0.2) is 20.8 Å². The van der Waals surface area contributed by atoms with Crippen molar-refractivity contribution in [2.75, 3.05) is 0 Å². The molecule has 0 N–H and O–H groups in total. The van der Waals surface area contributed by atoms with Crippen LogP contribution in [0.3, 0.4) is 0 Å². The van der Waals surface area contributed by atoms with Gasteiger partial charge in [0.1, 0.15) is 4.92 Å². The number of nitrogens with zero attached hydrogens (tertiary/aromatic N) is 5. The van der Waals surface area contributed by atoms with Crippen molar-refractivity contribution in [1.29, 1.82) is 0 Å². The first-order valence-electron chi connectivity index (χ1n) is 8.61. The molecule has 4 rings (SSSR count). The Morgan fingerprint density at radius 2 is 2.03 bits per heavy atom. The maximum Gasteiger partial charge on any atom is 0.433 e. The molecule has 0 amide bonds. The molecule has 0 aliphatic carbocycles. The highest BCUT2D eigenvalue weighted by Crippen LogP contribution is 2.22. The number of hydrogen-bond acceptors (Lipinski definition) is 7. The number of aromatic nitrogens is 2. The highest BCUT2D eigenvalue weighted by molar-refractivity contribution is 7.07. The van der Waals surface area contributed by atoms with Gasteiger partial charge in [-0.3, -0.25) is 15.1 Å². The lowest BCUT2D eigenvalue weighted by Crippen LogP contribution is -2.11. The van der Waals surface area contributed by atoms with Gasteiger partial charge in [0, 0.05) is 17.1 Å². The van der Waals surface area contributed by atoms with Crippen LogP contribution in [0.2, 0.25) is 0 Å². The fourth-order valence-corrected chi connectivity index (χ4v) is 3.42. The van der Waals surface area contributed by atoms with Crippen molar-refractivity contribution >= 4 is 29.1 Å². The van der Waals surface area contributed by atoms with Gasteiger partial charge in [-0.1, -0.05) is 29.8 Å². The Morgan fingerprint density at radius 3 is 2.72 bits per heavy atom. The van der Waals surface area contributed by atoms with Gasteiger partial charge in [0.05, 0.1) is 29.9 Å². The van der Waals surface area contributed by atoms with Crippen LogP contribution in [0, 0.1) is 17.0 Å². The lowest BCUT2D eigenvalue weighted by molar-refractivity contribution is -0.402. The molecule has 0 aliphatic heterocycles. The van der Waals surface area contributed by atoms with E-state index in [4.69, 9.17) is 4.42 Å². The molecule has 8 nitrogen and oxygen atoms in total. The predicted octanol–water partition coefficient (Wildman–Crippen LogP) is 4.54. The monoisotopic (exact) mass is 405 g/mol. The Bertz CT molecular complexity index is 1240. The second-order valence-electron chi connectivity index (χ2n) is 6.08. The number of pyridine rings is 1. The predicted molar refractivity (Wildman–Crippen MR) is 110 cm³/mol. The van der Waals surface area contributed by atoms with E-state index >= 15 is 0 Å². The fraction of sp³-hybridized carbons (Fsp3) is 0.0500. The Hall–Kier alpha value is -3.85. The molecule has 0 saturated heterocycles. The minimum Gasteiger partial charge on any atom is -0.400 e. The molecular formula is C20H15N5O3S. The van der Waals surface area contributed by atoms with Crippen LogP contribution in [0.25, 0.3) is 11.3 Å². The molecule has 1 aromatic carbocycles. The van der Waals surface area contributed by atoms with Gasteiger partial charge in [-0.15, -0.1) is 11.3 Å². The van der Waals surface area contributed by atoms with Crippen molar-refractivity contribution in [3.8, 4) is 11.3 Å². The Morgan fingerprint density at radius 1 is 1.21 bits per heavy atom. The molecule has 0 unspecified atom stereocenters. The second kappa shape index (κ2) is 8.03. The third-order valence-electron chi connectivity index (χ3n) is 4.00.